The number of carbonyl (C=O) groups is 1. The highest BCUT2D eigenvalue weighted by atomic mass is 16.5. The van der Waals surface area contributed by atoms with E-state index in [0.717, 1.165) is 44.3 Å². The first-order chi connectivity index (χ1) is 9.77. The van der Waals surface area contributed by atoms with E-state index in [4.69, 9.17) is 4.74 Å². The summed E-state index contributed by atoms with van der Waals surface area (Å²) in [6.07, 6.45) is 3.64. The number of nitrogens with one attached hydrogen (secondary N) is 2. The van der Waals surface area contributed by atoms with E-state index in [9.17, 15) is 4.79 Å². The number of carbonyl (C=O) groups excluding carboxylic acids is 1. The minimum Gasteiger partial charge on any atom is -0.362 e. The summed E-state index contributed by atoms with van der Waals surface area (Å²) < 4.78 is 6.09. The van der Waals surface area contributed by atoms with Crippen LogP contribution in [0.1, 0.15) is 31.2 Å². The standard InChI is InChI=1S/C16H22N2O2/c19-15(18-12-13-4-2-1-3-5-13)14-6-7-16(20-14)8-10-17-11-9-16/h1-5,14,17H,6-12H2,(H,18,19)/t14-/m0/s1. The third kappa shape index (κ3) is 3.02. The number of ether oxygens (including phenoxy) is 1. The van der Waals surface area contributed by atoms with Crippen LogP contribution in [-0.4, -0.2) is 30.7 Å². The van der Waals surface area contributed by atoms with E-state index in [1.807, 2.05) is 30.3 Å². The van der Waals surface area contributed by atoms with Crippen LogP contribution in [-0.2, 0) is 16.1 Å². The molecule has 4 nitrogen and oxygen atoms in total. The van der Waals surface area contributed by atoms with Gasteiger partial charge in [-0.3, -0.25) is 4.79 Å². The van der Waals surface area contributed by atoms with Crippen LogP contribution in [0, 0.1) is 0 Å². The summed E-state index contributed by atoms with van der Waals surface area (Å²) in [5.41, 5.74) is 1.08. The second-order valence-electron chi connectivity index (χ2n) is 5.78. The molecule has 0 aliphatic carbocycles. The van der Waals surface area contributed by atoms with Crippen molar-refractivity contribution >= 4 is 5.91 Å². The van der Waals surface area contributed by atoms with Crippen LogP contribution in [0.3, 0.4) is 0 Å². The van der Waals surface area contributed by atoms with Crippen molar-refractivity contribution in [2.24, 2.45) is 0 Å². The zero-order valence-corrected chi connectivity index (χ0v) is 11.7. The Kier molecular flexibility index (Phi) is 4.03. The van der Waals surface area contributed by atoms with Gasteiger partial charge in [0.2, 0.25) is 5.91 Å². The highest BCUT2D eigenvalue weighted by Gasteiger charge is 2.43. The highest BCUT2D eigenvalue weighted by Crippen LogP contribution is 2.37. The van der Waals surface area contributed by atoms with Crippen molar-refractivity contribution in [2.45, 2.75) is 43.9 Å². The molecule has 108 valence electrons. The fourth-order valence-corrected chi connectivity index (χ4v) is 3.15. The van der Waals surface area contributed by atoms with Crippen molar-refractivity contribution < 1.29 is 9.53 Å². The maximum atomic E-state index is 12.2. The zero-order chi connectivity index (χ0) is 13.8. The average Bonchev–Trinajstić information content (AvgIpc) is 2.90. The van der Waals surface area contributed by atoms with E-state index in [1.54, 1.807) is 0 Å². The van der Waals surface area contributed by atoms with Crippen LogP contribution in [0.4, 0.5) is 0 Å². The van der Waals surface area contributed by atoms with Gasteiger partial charge < -0.3 is 15.4 Å². The highest BCUT2D eigenvalue weighted by molar-refractivity contribution is 5.81. The monoisotopic (exact) mass is 274 g/mol. The Morgan fingerprint density at radius 1 is 1.25 bits per heavy atom. The Bertz CT molecular complexity index is 455. The second kappa shape index (κ2) is 5.94. The molecule has 1 aromatic rings. The number of rotatable bonds is 3. The molecule has 0 saturated carbocycles. The van der Waals surface area contributed by atoms with Gasteiger partial charge in [0.15, 0.2) is 0 Å². The molecule has 1 atom stereocenters. The molecule has 1 aromatic carbocycles. The van der Waals surface area contributed by atoms with Crippen LogP contribution in [0.5, 0.6) is 0 Å². The van der Waals surface area contributed by atoms with Crippen molar-refractivity contribution in [3.05, 3.63) is 35.9 Å². The maximum absolute atomic E-state index is 12.2. The molecule has 0 aromatic heterocycles. The van der Waals surface area contributed by atoms with Gasteiger partial charge in [0.1, 0.15) is 6.10 Å². The van der Waals surface area contributed by atoms with Gasteiger partial charge in [-0.2, -0.15) is 0 Å². The molecule has 0 bridgehead atoms. The third-order valence-electron chi connectivity index (χ3n) is 4.37. The molecular weight excluding hydrogens is 252 g/mol. The first-order valence-corrected chi connectivity index (χ1v) is 7.48. The van der Waals surface area contributed by atoms with E-state index in [2.05, 4.69) is 10.6 Å². The molecule has 2 saturated heterocycles. The van der Waals surface area contributed by atoms with Gasteiger partial charge in [0.05, 0.1) is 5.60 Å². The first kappa shape index (κ1) is 13.6. The number of benzene rings is 1. The summed E-state index contributed by atoms with van der Waals surface area (Å²) in [4.78, 5) is 12.2. The van der Waals surface area contributed by atoms with Gasteiger partial charge in [0, 0.05) is 6.54 Å². The fraction of sp³-hybridized carbons (Fsp3) is 0.562. The average molecular weight is 274 g/mol. The first-order valence-electron chi connectivity index (χ1n) is 7.48. The largest absolute Gasteiger partial charge is 0.362 e. The normalized spacial score (nSPS) is 24.7. The fourth-order valence-electron chi connectivity index (χ4n) is 3.15. The lowest BCUT2D eigenvalue weighted by Gasteiger charge is -2.33. The lowest BCUT2D eigenvalue weighted by molar-refractivity contribution is -0.139. The number of piperidine rings is 1. The molecule has 3 rings (SSSR count). The Morgan fingerprint density at radius 3 is 2.75 bits per heavy atom. The number of hydrogen-bond donors (Lipinski definition) is 2. The van der Waals surface area contributed by atoms with Crippen LogP contribution in [0.15, 0.2) is 30.3 Å². The minimum absolute atomic E-state index is 0.0317. The lowest BCUT2D eigenvalue weighted by atomic mass is 9.89. The lowest BCUT2D eigenvalue weighted by Crippen LogP contribution is -2.43. The van der Waals surface area contributed by atoms with E-state index in [-0.39, 0.29) is 17.6 Å². The van der Waals surface area contributed by atoms with Crippen molar-refractivity contribution in [2.75, 3.05) is 13.1 Å². The molecule has 2 fully saturated rings. The smallest absolute Gasteiger partial charge is 0.249 e. The molecule has 2 heterocycles. The summed E-state index contributed by atoms with van der Waals surface area (Å²) in [5, 5.41) is 6.33. The van der Waals surface area contributed by atoms with Gasteiger partial charge >= 0.3 is 0 Å². The number of hydrogen-bond acceptors (Lipinski definition) is 3. The Balaban J connectivity index is 1.51. The van der Waals surface area contributed by atoms with Crippen LogP contribution >= 0.6 is 0 Å². The third-order valence-corrected chi connectivity index (χ3v) is 4.37. The molecular formula is C16H22N2O2. The molecule has 4 heteroatoms. The molecule has 2 N–H and O–H groups in total. The van der Waals surface area contributed by atoms with Crippen molar-refractivity contribution in [1.82, 2.24) is 10.6 Å². The Morgan fingerprint density at radius 2 is 2.00 bits per heavy atom. The SMILES string of the molecule is O=C(NCc1ccccc1)[C@@H]1CCC2(CCNCC2)O1. The Labute approximate surface area is 119 Å². The van der Waals surface area contributed by atoms with Gasteiger partial charge in [-0.1, -0.05) is 30.3 Å². The van der Waals surface area contributed by atoms with Crippen LogP contribution in [0.25, 0.3) is 0 Å². The Hall–Kier alpha value is -1.39. The maximum Gasteiger partial charge on any atom is 0.249 e. The second-order valence-corrected chi connectivity index (χ2v) is 5.78. The van der Waals surface area contributed by atoms with Crippen molar-refractivity contribution in [3.8, 4) is 0 Å². The van der Waals surface area contributed by atoms with Crippen LogP contribution < -0.4 is 10.6 Å². The molecule has 0 unspecified atom stereocenters. The van der Waals surface area contributed by atoms with E-state index < -0.39 is 0 Å². The van der Waals surface area contributed by atoms with Gasteiger partial charge in [-0.25, -0.2) is 0 Å². The molecule has 2 aliphatic heterocycles. The van der Waals surface area contributed by atoms with E-state index in [0.29, 0.717) is 6.54 Å². The summed E-state index contributed by atoms with van der Waals surface area (Å²) in [6.45, 7) is 2.57. The summed E-state index contributed by atoms with van der Waals surface area (Å²) in [7, 11) is 0. The zero-order valence-electron chi connectivity index (χ0n) is 11.7. The predicted octanol–water partition coefficient (Wildman–Crippen LogP) is 1.60. The summed E-state index contributed by atoms with van der Waals surface area (Å²) in [6, 6.07) is 9.98. The van der Waals surface area contributed by atoms with Gasteiger partial charge in [-0.05, 0) is 44.3 Å². The molecule has 0 radical (unpaired) electrons. The van der Waals surface area contributed by atoms with Crippen molar-refractivity contribution in [3.63, 3.8) is 0 Å². The minimum atomic E-state index is -0.267. The molecule has 1 spiro atoms. The molecule has 1 amide bonds. The summed E-state index contributed by atoms with van der Waals surface area (Å²) in [5.74, 6) is 0.0317. The van der Waals surface area contributed by atoms with Crippen LogP contribution in [0.2, 0.25) is 0 Å². The van der Waals surface area contributed by atoms with Crippen molar-refractivity contribution in [1.29, 1.82) is 0 Å². The van der Waals surface area contributed by atoms with E-state index >= 15 is 0 Å². The topological polar surface area (TPSA) is 50.4 Å². The van der Waals surface area contributed by atoms with E-state index in [1.165, 1.54) is 0 Å². The van der Waals surface area contributed by atoms with Gasteiger partial charge in [0.25, 0.3) is 0 Å². The molecule has 2 aliphatic rings. The summed E-state index contributed by atoms with van der Waals surface area (Å²) >= 11 is 0. The quantitative estimate of drug-likeness (QED) is 0.880. The number of amides is 1. The van der Waals surface area contributed by atoms with Gasteiger partial charge in [-0.15, -0.1) is 0 Å². The molecule has 20 heavy (non-hydrogen) atoms. The predicted molar refractivity (Wildman–Crippen MR) is 77.2 cm³/mol.